The van der Waals surface area contributed by atoms with Gasteiger partial charge in [0.05, 0.1) is 0 Å². The van der Waals surface area contributed by atoms with E-state index in [1.54, 1.807) is 0 Å². The Morgan fingerprint density at radius 1 is 1.33 bits per heavy atom. The molecule has 2 fully saturated rings. The molecule has 0 bridgehead atoms. The van der Waals surface area contributed by atoms with Crippen LogP contribution in [0.5, 0.6) is 0 Å². The van der Waals surface area contributed by atoms with Crippen molar-refractivity contribution in [3.8, 4) is 0 Å². The lowest BCUT2D eigenvalue weighted by Gasteiger charge is -2.35. The van der Waals surface area contributed by atoms with Gasteiger partial charge in [-0.3, -0.25) is 4.79 Å². The second-order valence-electron chi connectivity index (χ2n) is 6.29. The maximum Gasteiger partial charge on any atom is 0.239 e. The molecule has 104 valence electrons. The highest BCUT2D eigenvalue weighted by Crippen LogP contribution is 2.41. The normalized spacial score (nSPS) is 32.4. The number of rotatable bonds is 6. The highest BCUT2D eigenvalue weighted by Gasteiger charge is 2.50. The molecular weight excluding hydrogens is 226 g/mol. The third kappa shape index (κ3) is 2.54. The molecule has 1 saturated heterocycles. The van der Waals surface area contributed by atoms with E-state index < -0.39 is 5.54 Å². The van der Waals surface area contributed by atoms with Crippen molar-refractivity contribution in [1.82, 2.24) is 10.2 Å². The van der Waals surface area contributed by atoms with E-state index in [9.17, 15) is 4.79 Å². The smallest absolute Gasteiger partial charge is 0.239 e. The van der Waals surface area contributed by atoms with Crippen LogP contribution in [0.1, 0.15) is 33.6 Å². The molecule has 4 nitrogen and oxygen atoms in total. The highest BCUT2D eigenvalue weighted by molar-refractivity contribution is 5.86. The van der Waals surface area contributed by atoms with E-state index in [2.05, 4.69) is 31.0 Å². The van der Waals surface area contributed by atoms with Gasteiger partial charge < -0.3 is 16.0 Å². The Kier molecular flexibility index (Phi) is 3.97. The first-order valence-electron chi connectivity index (χ1n) is 7.27. The fraction of sp³-hybridized carbons (Fsp3) is 0.929. The third-order valence-electron chi connectivity index (χ3n) is 4.74. The average molecular weight is 253 g/mol. The van der Waals surface area contributed by atoms with E-state index in [4.69, 9.17) is 5.73 Å². The van der Waals surface area contributed by atoms with Crippen LogP contribution in [-0.4, -0.2) is 42.5 Å². The van der Waals surface area contributed by atoms with Gasteiger partial charge in [-0.25, -0.2) is 0 Å². The summed E-state index contributed by atoms with van der Waals surface area (Å²) in [6.45, 7) is 10.4. The van der Waals surface area contributed by atoms with E-state index in [1.165, 1.54) is 0 Å². The van der Waals surface area contributed by atoms with Crippen LogP contribution < -0.4 is 11.1 Å². The van der Waals surface area contributed by atoms with Crippen molar-refractivity contribution >= 4 is 5.91 Å². The Hall–Kier alpha value is -0.610. The van der Waals surface area contributed by atoms with E-state index >= 15 is 0 Å². The molecule has 3 atom stereocenters. The van der Waals surface area contributed by atoms with E-state index in [0.29, 0.717) is 5.92 Å². The quantitative estimate of drug-likeness (QED) is 0.737. The van der Waals surface area contributed by atoms with Crippen LogP contribution in [0.3, 0.4) is 0 Å². The van der Waals surface area contributed by atoms with Gasteiger partial charge in [0, 0.05) is 19.6 Å². The number of hydrogen-bond acceptors (Lipinski definition) is 3. The topological polar surface area (TPSA) is 58.4 Å². The van der Waals surface area contributed by atoms with Gasteiger partial charge >= 0.3 is 0 Å². The van der Waals surface area contributed by atoms with Crippen molar-refractivity contribution in [2.24, 2.45) is 23.5 Å². The number of nitrogens with zero attached hydrogens (tertiary/aromatic N) is 1. The summed E-state index contributed by atoms with van der Waals surface area (Å²) in [5.74, 6) is 1.72. The zero-order valence-electron chi connectivity index (χ0n) is 11.9. The van der Waals surface area contributed by atoms with Crippen LogP contribution in [0, 0.1) is 17.8 Å². The highest BCUT2D eigenvalue weighted by atomic mass is 16.1. The van der Waals surface area contributed by atoms with Gasteiger partial charge in [0.25, 0.3) is 0 Å². The number of likely N-dealkylation sites (N-methyl/N-ethyl adjacent to an activating group) is 1. The van der Waals surface area contributed by atoms with Gasteiger partial charge in [-0.15, -0.1) is 0 Å². The zero-order chi connectivity index (χ0) is 13.3. The molecule has 0 radical (unpaired) electrons. The number of nitrogens with two attached hydrogens (primary N) is 1. The molecule has 1 heterocycles. The molecule has 0 aromatic heterocycles. The first-order chi connectivity index (χ1) is 8.49. The Labute approximate surface area is 110 Å². The second kappa shape index (κ2) is 5.17. The fourth-order valence-corrected chi connectivity index (χ4v) is 3.32. The third-order valence-corrected chi connectivity index (χ3v) is 4.74. The molecule has 0 spiro atoms. The summed E-state index contributed by atoms with van der Waals surface area (Å²) in [6, 6.07) is 0. The number of primary amides is 1. The van der Waals surface area contributed by atoms with Crippen LogP contribution in [0.2, 0.25) is 0 Å². The van der Waals surface area contributed by atoms with Gasteiger partial charge in [-0.1, -0.05) is 20.8 Å². The van der Waals surface area contributed by atoms with Crippen LogP contribution in [0.15, 0.2) is 0 Å². The molecule has 1 aliphatic heterocycles. The van der Waals surface area contributed by atoms with Crippen LogP contribution in [0.25, 0.3) is 0 Å². The van der Waals surface area contributed by atoms with Gasteiger partial charge in [0.2, 0.25) is 5.91 Å². The van der Waals surface area contributed by atoms with Crippen molar-refractivity contribution < 1.29 is 4.79 Å². The van der Waals surface area contributed by atoms with Crippen molar-refractivity contribution in [2.45, 2.75) is 39.2 Å². The molecular formula is C14H27N3O. The van der Waals surface area contributed by atoms with Gasteiger partial charge in [-0.05, 0) is 37.1 Å². The predicted molar refractivity (Wildman–Crippen MR) is 73.1 cm³/mol. The Morgan fingerprint density at radius 3 is 2.28 bits per heavy atom. The van der Waals surface area contributed by atoms with E-state index in [1.807, 2.05) is 0 Å². The van der Waals surface area contributed by atoms with Gasteiger partial charge in [0.1, 0.15) is 5.54 Å². The fourth-order valence-electron chi connectivity index (χ4n) is 3.32. The molecule has 3 N–H and O–H groups in total. The lowest BCUT2D eigenvalue weighted by molar-refractivity contribution is -0.126. The van der Waals surface area contributed by atoms with E-state index in [-0.39, 0.29) is 5.91 Å². The molecule has 1 aliphatic carbocycles. The molecule has 0 aromatic carbocycles. The Balaban J connectivity index is 2.07. The first kappa shape index (κ1) is 13.8. The number of carbonyl (C=O) groups is 1. The molecule has 2 rings (SSSR count). The largest absolute Gasteiger partial charge is 0.368 e. The summed E-state index contributed by atoms with van der Waals surface area (Å²) in [5, 5.41) is 3.40. The van der Waals surface area contributed by atoms with Crippen molar-refractivity contribution in [2.75, 3.05) is 26.2 Å². The number of carbonyl (C=O) groups excluding carboxylic acids is 1. The minimum absolute atomic E-state index is 0.168. The number of amides is 1. The SMILES string of the molecule is CCNC(CN1CC(C)C(C)C1)(C(N)=O)C1CC1. The maximum absolute atomic E-state index is 12.0. The van der Waals surface area contributed by atoms with Crippen LogP contribution in [0.4, 0.5) is 0 Å². The van der Waals surface area contributed by atoms with Crippen molar-refractivity contribution in [3.05, 3.63) is 0 Å². The summed E-state index contributed by atoms with van der Waals surface area (Å²) >= 11 is 0. The average Bonchev–Trinajstić information content (AvgIpc) is 3.07. The second-order valence-corrected chi connectivity index (χ2v) is 6.29. The monoisotopic (exact) mass is 253 g/mol. The maximum atomic E-state index is 12.0. The summed E-state index contributed by atoms with van der Waals surface area (Å²) in [4.78, 5) is 14.4. The zero-order valence-corrected chi connectivity index (χ0v) is 11.9. The molecule has 4 heteroatoms. The Morgan fingerprint density at radius 2 is 1.89 bits per heavy atom. The lowest BCUT2D eigenvalue weighted by Crippen LogP contribution is -2.63. The summed E-state index contributed by atoms with van der Waals surface area (Å²) in [5.41, 5.74) is 5.23. The van der Waals surface area contributed by atoms with E-state index in [0.717, 1.165) is 50.9 Å². The standard InChI is InChI=1S/C14H27N3O/c1-4-16-14(13(15)18,12-5-6-12)9-17-7-10(2)11(3)8-17/h10-12,16H,4-9H2,1-3H3,(H2,15,18). The number of likely N-dealkylation sites (tertiary alicyclic amines) is 1. The first-order valence-corrected chi connectivity index (χ1v) is 7.27. The predicted octanol–water partition coefficient (Wildman–Crippen LogP) is 0.818. The molecule has 18 heavy (non-hydrogen) atoms. The van der Waals surface area contributed by atoms with Gasteiger partial charge in [-0.2, -0.15) is 0 Å². The van der Waals surface area contributed by atoms with Crippen LogP contribution in [-0.2, 0) is 4.79 Å². The Bertz CT molecular complexity index is 306. The minimum atomic E-state index is -0.488. The molecule has 3 unspecified atom stereocenters. The number of hydrogen-bond donors (Lipinski definition) is 2. The summed E-state index contributed by atoms with van der Waals surface area (Å²) in [6.07, 6.45) is 2.27. The van der Waals surface area contributed by atoms with Gasteiger partial charge in [0.15, 0.2) is 0 Å². The van der Waals surface area contributed by atoms with Crippen molar-refractivity contribution in [3.63, 3.8) is 0 Å². The summed E-state index contributed by atoms with van der Waals surface area (Å²) in [7, 11) is 0. The lowest BCUT2D eigenvalue weighted by atomic mass is 9.91. The minimum Gasteiger partial charge on any atom is -0.368 e. The molecule has 1 saturated carbocycles. The molecule has 2 aliphatic rings. The molecule has 1 amide bonds. The molecule has 0 aromatic rings. The van der Waals surface area contributed by atoms with Crippen molar-refractivity contribution in [1.29, 1.82) is 0 Å². The number of nitrogens with one attached hydrogen (secondary N) is 1. The van der Waals surface area contributed by atoms with Crippen LogP contribution >= 0.6 is 0 Å². The summed E-state index contributed by atoms with van der Waals surface area (Å²) < 4.78 is 0.